The maximum Gasteiger partial charge on any atom is 0.166 e. The molecule has 0 N–H and O–H groups in total. The van der Waals surface area contributed by atoms with Crippen molar-refractivity contribution in [3.8, 4) is 62.7 Å². The lowest BCUT2D eigenvalue weighted by Gasteiger charge is -2.18. The second kappa shape index (κ2) is 15.9. The van der Waals surface area contributed by atoms with E-state index in [1.54, 1.807) is 0 Å². The van der Waals surface area contributed by atoms with Gasteiger partial charge in [-0.25, -0.2) is 15.0 Å². The van der Waals surface area contributed by atoms with Crippen LogP contribution >= 0.6 is 22.7 Å². The molecule has 0 aliphatic carbocycles. The third-order valence-electron chi connectivity index (χ3n) is 14.2. The predicted octanol–water partition coefficient (Wildman–Crippen LogP) is 17.3. The first kappa shape index (κ1) is 40.6. The van der Waals surface area contributed by atoms with Crippen LogP contribution in [0.4, 0.5) is 0 Å². The van der Waals surface area contributed by atoms with E-state index in [1.807, 2.05) is 83.3 Å². The summed E-state index contributed by atoms with van der Waals surface area (Å²) in [6.45, 7) is 0. The van der Waals surface area contributed by atoms with Crippen LogP contribution in [-0.4, -0.2) is 24.1 Å². The molecular weight excluding hydrogens is 917 g/mol. The average Bonchev–Trinajstić information content (AvgIpc) is 4.21. The zero-order valence-corrected chi connectivity index (χ0v) is 39.9. The minimum Gasteiger partial charge on any atom is -0.307 e. The molecule has 0 fully saturated rings. The van der Waals surface area contributed by atoms with Crippen LogP contribution in [0.2, 0.25) is 0 Å². The SMILES string of the molecule is N#Cc1c(-c2ccc(-c3nc(-c4ccccc4)nc(-c4ccccc4)n3)c(-n3c4ccccc4c4ccc5c6ccccc6sc5c43)c2)cccc1-n1c2ccccc2c2ccc3c4ccccc4sc3c21. The molecule has 0 saturated heterocycles. The maximum absolute atomic E-state index is 11.6. The summed E-state index contributed by atoms with van der Waals surface area (Å²) in [4.78, 5) is 15.7. The third-order valence-corrected chi connectivity index (χ3v) is 16.6. The van der Waals surface area contributed by atoms with E-state index in [4.69, 9.17) is 15.0 Å². The summed E-state index contributed by atoms with van der Waals surface area (Å²) in [5, 5.41) is 21.1. The molecule has 0 saturated carbocycles. The van der Waals surface area contributed by atoms with Crippen LogP contribution < -0.4 is 0 Å². The van der Waals surface area contributed by atoms with E-state index in [-0.39, 0.29) is 0 Å². The molecule has 0 amide bonds. The molecule has 10 aromatic carbocycles. The monoisotopic (exact) mass is 952 g/mol. The molecule has 6 nitrogen and oxygen atoms in total. The number of nitrogens with zero attached hydrogens (tertiary/aromatic N) is 6. The number of nitriles is 1. The minimum atomic E-state index is 0.547. The van der Waals surface area contributed by atoms with Crippen LogP contribution in [0.1, 0.15) is 5.56 Å². The van der Waals surface area contributed by atoms with Gasteiger partial charge in [0.1, 0.15) is 6.07 Å². The fourth-order valence-electron chi connectivity index (χ4n) is 11.0. The molecule has 0 aliphatic heterocycles. The van der Waals surface area contributed by atoms with Crippen molar-refractivity contribution in [2.45, 2.75) is 0 Å². The Morgan fingerprint density at radius 3 is 1.38 bits per heavy atom. The number of benzene rings is 10. The lowest BCUT2D eigenvalue weighted by molar-refractivity contribution is 1.06. The molecule has 72 heavy (non-hydrogen) atoms. The van der Waals surface area contributed by atoms with Crippen molar-refractivity contribution in [3.63, 3.8) is 0 Å². The van der Waals surface area contributed by atoms with E-state index in [9.17, 15) is 5.26 Å². The molecule has 0 unspecified atom stereocenters. The van der Waals surface area contributed by atoms with Gasteiger partial charge in [-0.15, -0.1) is 22.7 Å². The van der Waals surface area contributed by atoms with Crippen molar-refractivity contribution < 1.29 is 0 Å². The normalized spacial score (nSPS) is 11.9. The lowest BCUT2D eigenvalue weighted by Crippen LogP contribution is -2.04. The highest BCUT2D eigenvalue weighted by molar-refractivity contribution is 7.27. The Balaban J connectivity index is 1.04. The Morgan fingerprint density at radius 2 is 0.819 bits per heavy atom. The molecule has 15 rings (SSSR count). The zero-order valence-electron chi connectivity index (χ0n) is 38.3. The minimum absolute atomic E-state index is 0.547. The lowest BCUT2D eigenvalue weighted by atomic mass is 9.96. The Hall–Kier alpha value is -9.26. The van der Waals surface area contributed by atoms with Gasteiger partial charge in [-0.1, -0.05) is 176 Å². The van der Waals surface area contributed by atoms with Crippen LogP contribution in [0, 0.1) is 11.3 Å². The quantitative estimate of drug-likeness (QED) is 0.166. The summed E-state index contributed by atoms with van der Waals surface area (Å²) in [5.74, 6) is 1.72. The number of hydrogen-bond acceptors (Lipinski definition) is 6. The van der Waals surface area contributed by atoms with Crippen LogP contribution in [0.5, 0.6) is 0 Å². The standard InChI is InChI=1S/C64H36N6S2/c65-37-51-41(24-15-27-54(51)69-52-25-11-7-20-42(52)46-32-34-48-44-22-9-13-28-56(44)71-60(48)58(46)69)40-30-31-50(64-67-62(38-16-3-1-4-17-38)66-63(68-64)39-18-5-2-6-19-39)55(36-40)70-53-26-12-8-21-43(53)47-33-35-49-45-23-10-14-29-57(45)72-61(49)59(47)70/h1-36H. The van der Waals surface area contributed by atoms with Gasteiger partial charge in [0.2, 0.25) is 0 Å². The summed E-state index contributed by atoms with van der Waals surface area (Å²) >= 11 is 3.63. The number of para-hydroxylation sites is 2. The van der Waals surface area contributed by atoms with Crippen LogP contribution in [-0.2, 0) is 0 Å². The van der Waals surface area contributed by atoms with E-state index in [2.05, 4.69) is 173 Å². The third kappa shape index (κ3) is 6.02. The largest absolute Gasteiger partial charge is 0.307 e. The Labute approximate surface area is 420 Å². The predicted molar refractivity (Wildman–Crippen MR) is 301 cm³/mol. The number of rotatable bonds is 6. The van der Waals surface area contributed by atoms with Gasteiger partial charge >= 0.3 is 0 Å². The second-order valence-corrected chi connectivity index (χ2v) is 20.3. The Kier molecular flexibility index (Phi) is 8.96. The van der Waals surface area contributed by atoms with Gasteiger partial charge in [-0.3, -0.25) is 0 Å². The van der Waals surface area contributed by atoms with Gasteiger partial charge < -0.3 is 9.13 Å². The summed E-state index contributed by atoms with van der Waals surface area (Å²) < 4.78 is 9.61. The first-order valence-corrected chi connectivity index (χ1v) is 25.5. The summed E-state index contributed by atoms with van der Waals surface area (Å²) in [6.07, 6.45) is 0. The average molecular weight is 953 g/mol. The smallest absolute Gasteiger partial charge is 0.166 e. The van der Waals surface area contributed by atoms with Crippen molar-refractivity contribution in [1.82, 2.24) is 24.1 Å². The molecule has 0 spiro atoms. The van der Waals surface area contributed by atoms with Crippen molar-refractivity contribution in [2.75, 3.05) is 0 Å². The van der Waals surface area contributed by atoms with Gasteiger partial charge in [-0.05, 0) is 48.0 Å². The highest BCUT2D eigenvalue weighted by Crippen LogP contribution is 2.47. The van der Waals surface area contributed by atoms with Gasteiger partial charge in [0.05, 0.1) is 48.4 Å². The van der Waals surface area contributed by atoms with Gasteiger partial charge in [-0.2, -0.15) is 5.26 Å². The fourth-order valence-corrected chi connectivity index (χ4v) is 13.5. The first-order chi connectivity index (χ1) is 35.7. The molecule has 0 aliphatic rings. The maximum atomic E-state index is 11.6. The van der Waals surface area contributed by atoms with Crippen LogP contribution in [0.15, 0.2) is 218 Å². The van der Waals surface area contributed by atoms with E-state index in [0.29, 0.717) is 23.0 Å². The van der Waals surface area contributed by atoms with Crippen molar-refractivity contribution >= 4 is 107 Å². The Bertz CT molecular complexity index is 4710. The molecule has 5 aromatic heterocycles. The van der Waals surface area contributed by atoms with Crippen LogP contribution in [0.3, 0.4) is 0 Å². The highest BCUT2D eigenvalue weighted by atomic mass is 32.1. The molecule has 15 aromatic rings. The Morgan fingerprint density at radius 1 is 0.347 bits per heavy atom. The topological polar surface area (TPSA) is 72.3 Å². The zero-order chi connectivity index (χ0) is 47.4. The molecule has 0 bridgehead atoms. The van der Waals surface area contributed by atoms with E-state index < -0.39 is 0 Å². The number of hydrogen-bond donors (Lipinski definition) is 0. The summed E-state index contributed by atoms with van der Waals surface area (Å²) in [6, 6.07) is 79.4. The first-order valence-electron chi connectivity index (χ1n) is 23.9. The number of thiophene rings is 2. The van der Waals surface area contributed by atoms with Gasteiger partial charge in [0.25, 0.3) is 0 Å². The number of aromatic nitrogens is 5. The van der Waals surface area contributed by atoms with E-state index in [0.717, 1.165) is 82.8 Å². The summed E-state index contributed by atoms with van der Waals surface area (Å²) in [7, 11) is 0. The van der Waals surface area contributed by atoms with Gasteiger partial charge in [0.15, 0.2) is 17.5 Å². The fraction of sp³-hybridized carbons (Fsp3) is 0. The second-order valence-electron chi connectivity index (χ2n) is 18.2. The molecular formula is C64H36N6S2. The number of fused-ring (bicyclic) bond motifs is 14. The van der Waals surface area contributed by atoms with Crippen molar-refractivity contribution in [3.05, 3.63) is 224 Å². The van der Waals surface area contributed by atoms with E-state index >= 15 is 0 Å². The summed E-state index contributed by atoms with van der Waals surface area (Å²) in [5.41, 5.74) is 11.0. The molecule has 0 radical (unpaired) electrons. The molecule has 5 heterocycles. The van der Waals surface area contributed by atoms with E-state index in [1.165, 1.54) is 40.3 Å². The molecule has 8 heteroatoms. The highest BCUT2D eigenvalue weighted by Gasteiger charge is 2.25. The van der Waals surface area contributed by atoms with Gasteiger partial charge in [0, 0.05) is 74.7 Å². The van der Waals surface area contributed by atoms with Crippen molar-refractivity contribution in [1.29, 1.82) is 5.26 Å². The molecule has 0 atom stereocenters. The molecule has 334 valence electrons. The van der Waals surface area contributed by atoms with Crippen LogP contribution in [0.25, 0.3) is 141 Å². The van der Waals surface area contributed by atoms with Crippen molar-refractivity contribution in [2.24, 2.45) is 0 Å².